The van der Waals surface area contributed by atoms with Crippen molar-refractivity contribution >= 4 is 32.5 Å². The van der Waals surface area contributed by atoms with E-state index in [9.17, 15) is 21.6 Å². The van der Waals surface area contributed by atoms with Crippen molar-refractivity contribution in [2.45, 2.75) is 26.6 Å². The molecule has 0 aliphatic heterocycles. The van der Waals surface area contributed by atoms with E-state index in [1.807, 2.05) is 0 Å². The maximum atomic E-state index is 15.4. The third kappa shape index (κ3) is 6.12. The summed E-state index contributed by atoms with van der Waals surface area (Å²) in [6.07, 6.45) is -2.47. The number of ether oxygens (including phenoxy) is 1. The normalized spacial score (nSPS) is 12.8. The van der Waals surface area contributed by atoms with Gasteiger partial charge in [-0.3, -0.25) is 4.18 Å². The van der Waals surface area contributed by atoms with Crippen LogP contribution >= 0.6 is 0 Å². The van der Waals surface area contributed by atoms with Gasteiger partial charge >= 0.3 is 6.18 Å². The standard InChI is InChI=1S/C24H20F4N4O4S/c1-14-9-19-20(32(14)15(2)31-17-6-4-5-16(10-17)24(26,27)28)7-8-21(23(19)25)36-22-11-18(29-13-30-22)12-35-37(3,33)34/h4-11,13H,12H2,1-3H3. The zero-order chi connectivity index (χ0) is 27.0. The third-order valence-corrected chi connectivity index (χ3v) is 5.74. The molecular weight excluding hydrogens is 516 g/mol. The molecular formula is C24H20F4N4O4S. The number of alkyl halides is 3. The van der Waals surface area contributed by atoms with Crippen LogP contribution in [0.1, 0.15) is 23.9 Å². The first-order valence-electron chi connectivity index (χ1n) is 10.7. The van der Waals surface area contributed by atoms with Crippen molar-refractivity contribution in [3.63, 3.8) is 0 Å². The van der Waals surface area contributed by atoms with E-state index in [-0.39, 0.29) is 35.0 Å². The Bertz CT molecular complexity index is 1620. The Kier molecular flexibility index (Phi) is 7.02. The van der Waals surface area contributed by atoms with Gasteiger partial charge in [0, 0.05) is 17.1 Å². The fourth-order valence-electron chi connectivity index (χ4n) is 3.65. The van der Waals surface area contributed by atoms with Gasteiger partial charge in [0.2, 0.25) is 5.88 Å². The lowest BCUT2D eigenvalue weighted by molar-refractivity contribution is -0.137. The SMILES string of the molecule is CC(=Nc1cccc(C(F)(F)F)c1)n1c(C)cc2c(F)c(Oc3cc(COS(C)(=O)=O)ncn3)ccc21. The first-order valence-corrected chi connectivity index (χ1v) is 12.5. The van der Waals surface area contributed by atoms with E-state index >= 15 is 4.39 Å². The summed E-state index contributed by atoms with van der Waals surface area (Å²) in [6, 6.07) is 10.5. The number of aromatic nitrogens is 3. The van der Waals surface area contributed by atoms with E-state index in [1.165, 1.54) is 24.3 Å². The molecule has 13 heteroatoms. The molecule has 0 spiro atoms. The van der Waals surface area contributed by atoms with Gasteiger partial charge in [0.15, 0.2) is 11.6 Å². The highest BCUT2D eigenvalue weighted by molar-refractivity contribution is 7.85. The van der Waals surface area contributed by atoms with Crippen LogP contribution in [0.4, 0.5) is 23.2 Å². The lowest BCUT2D eigenvalue weighted by Crippen LogP contribution is -2.09. The summed E-state index contributed by atoms with van der Waals surface area (Å²) in [4.78, 5) is 12.1. The predicted octanol–water partition coefficient (Wildman–Crippen LogP) is 5.76. The Labute approximate surface area is 209 Å². The van der Waals surface area contributed by atoms with Crippen LogP contribution in [-0.4, -0.2) is 35.0 Å². The van der Waals surface area contributed by atoms with Crippen molar-refractivity contribution in [2.75, 3.05) is 6.26 Å². The number of halogens is 4. The molecule has 8 nitrogen and oxygen atoms in total. The average molecular weight is 537 g/mol. The summed E-state index contributed by atoms with van der Waals surface area (Å²) >= 11 is 0. The molecule has 2 aromatic heterocycles. The Morgan fingerprint density at radius 2 is 1.86 bits per heavy atom. The van der Waals surface area contributed by atoms with Crippen molar-refractivity contribution in [2.24, 2.45) is 4.99 Å². The monoisotopic (exact) mass is 536 g/mol. The summed E-state index contributed by atoms with van der Waals surface area (Å²) in [6.45, 7) is 2.98. The van der Waals surface area contributed by atoms with Crippen LogP contribution in [0.3, 0.4) is 0 Å². The second-order valence-corrected chi connectivity index (χ2v) is 9.70. The molecule has 0 unspecified atom stereocenters. The fraction of sp³-hybridized carbons (Fsp3) is 0.208. The topological polar surface area (TPSA) is 95.7 Å². The number of hydrogen-bond donors (Lipinski definition) is 0. The first-order chi connectivity index (χ1) is 17.3. The van der Waals surface area contributed by atoms with Crippen LogP contribution in [0.25, 0.3) is 10.9 Å². The zero-order valence-corrected chi connectivity index (χ0v) is 20.6. The zero-order valence-electron chi connectivity index (χ0n) is 19.7. The molecule has 4 aromatic rings. The van der Waals surface area contributed by atoms with Crippen LogP contribution in [0.15, 0.2) is 59.9 Å². The van der Waals surface area contributed by atoms with Crippen LogP contribution < -0.4 is 4.74 Å². The van der Waals surface area contributed by atoms with Gasteiger partial charge in [-0.1, -0.05) is 6.07 Å². The molecule has 0 aliphatic rings. The number of aliphatic imine (C=N–C) groups is 1. The van der Waals surface area contributed by atoms with Crippen molar-refractivity contribution in [3.05, 3.63) is 77.6 Å². The van der Waals surface area contributed by atoms with Gasteiger partial charge in [-0.2, -0.15) is 21.6 Å². The lowest BCUT2D eigenvalue weighted by atomic mass is 10.2. The maximum Gasteiger partial charge on any atom is 0.416 e. The molecule has 0 aliphatic carbocycles. The van der Waals surface area contributed by atoms with Crippen molar-refractivity contribution in [1.29, 1.82) is 0 Å². The number of benzene rings is 2. The molecule has 37 heavy (non-hydrogen) atoms. The quantitative estimate of drug-likeness (QED) is 0.135. The van der Waals surface area contributed by atoms with E-state index < -0.39 is 27.7 Å². The molecule has 2 heterocycles. The van der Waals surface area contributed by atoms with Gasteiger partial charge in [-0.25, -0.2) is 19.4 Å². The summed E-state index contributed by atoms with van der Waals surface area (Å²) in [7, 11) is -3.69. The summed E-state index contributed by atoms with van der Waals surface area (Å²) < 4.78 is 88.8. The van der Waals surface area contributed by atoms with E-state index in [0.717, 1.165) is 24.7 Å². The molecule has 0 bridgehead atoms. The molecule has 0 fully saturated rings. The number of nitrogens with zero attached hydrogens (tertiary/aromatic N) is 4. The summed E-state index contributed by atoms with van der Waals surface area (Å²) in [5.41, 5.74) is 0.523. The minimum atomic E-state index is -4.50. The highest BCUT2D eigenvalue weighted by Crippen LogP contribution is 2.33. The van der Waals surface area contributed by atoms with Crippen LogP contribution in [0, 0.1) is 12.7 Å². The van der Waals surface area contributed by atoms with Crippen LogP contribution in [0.5, 0.6) is 11.6 Å². The Balaban J connectivity index is 1.64. The molecule has 0 saturated heterocycles. The summed E-state index contributed by atoms with van der Waals surface area (Å²) in [5.74, 6) is -0.533. The Morgan fingerprint density at radius 3 is 2.57 bits per heavy atom. The Morgan fingerprint density at radius 1 is 1.11 bits per heavy atom. The van der Waals surface area contributed by atoms with Gasteiger partial charge in [-0.05, 0) is 50.2 Å². The van der Waals surface area contributed by atoms with Crippen molar-refractivity contribution in [1.82, 2.24) is 14.5 Å². The maximum absolute atomic E-state index is 15.4. The highest BCUT2D eigenvalue weighted by Gasteiger charge is 2.30. The van der Waals surface area contributed by atoms with Gasteiger partial charge in [0.25, 0.3) is 10.1 Å². The van der Waals surface area contributed by atoms with Crippen molar-refractivity contribution < 1.29 is 34.9 Å². The van der Waals surface area contributed by atoms with Crippen LogP contribution in [0.2, 0.25) is 0 Å². The van der Waals surface area contributed by atoms with E-state index in [1.54, 1.807) is 30.5 Å². The molecule has 4 rings (SSSR count). The molecule has 194 valence electrons. The van der Waals surface area contributed by atoms with Gasteiger partial charge in [-0.15, -0.1) is 0 Å². The average Bonchev–Trinajstić information content (AvgIpc) is 3.16. The molecule has 0 atom stereocenters. The van der Waals surface area contributed by atoms with E-state index in [2.05, 4.69) is 19.1 Å². The number of rotatable bonds is 6. The molecule has 2 aromatic carbocycles. The largest absolute Gasteiger partial charge is 0.436 e. The van der Waals surface area contributed by atoms with Gasteiger partial charge in [0.05, 0.1) is 28.7 Å². The minimum absolute atomic E-state index is 0.0289. The van der Waals surface area contributed by atoms with Gasteiger partial charge < -0.3 is 9.30 Å². The second kappa shape index (κ2) is 9.90. The predicted molar refractivity (Wildman–Crippen MR) is 128 cm³/mol. The second-order valence-electron chi connectivity index (χ2n) is 8.05. The lowest BCUT2D eigenvalue weighted by Gasteiger charge is -2.11. The number of hydrogen-bond acceptors (Lipinski definition) is 7. The van der Waals surface area contributed by atoms with Crippen molar-refractivity contribution in [3.8, 4) is 11.6 Å². The third-order valence-electron chi connectivity index (χ3n) is 5.19. The highest BCUT2D eigenvalue weighted by atomic mass is 32.2. The smallest absolute Gasteiger partial charge is 0.416 e. The van der Waals surface area contributed by atoms with E-state index in [0.29, 0.717) is 17.0 Å². The molecule has 0 amide bonds. The number of aryl methyl sites for hydroxylation is 1. The van der Waals surface area contributed by atoms with Crippen LogP contribution in [-0.2, 0) is 27.1 Å². The summed E-state index contributed by atoms with van der Waals surface area (Å²) in [5, 5.41) is 0.197. The molecule has 0 saturated carbocycles. The fourth-order valence-corrected chi connectivity index (χ4v) is 3.98. The Hall–Kier alpha value is -3.84. The van der Waals surface area contributed by atoms with E-state index in [4.69, 9.17) is 4.74 Å². The number of fused-ring (bicyclic) bond motifs is 1. The molecule has 0 radical (unpaired) electrons. The minimum Gasteiger partial charge on any atom is -0.436 e. The van der Waals surface area contributed by atoms with Gasteiger partial charge in [0.1, 0.15) is 18.8 Å². The molecule has 0 N–H and O–H groups in total. The first kappa shape index (κ1) is 26.2.